The molecular formula is C14H13NO3. The van der Waals surface area contributed by atoms with Crippen molar-refractivity contribution in [3.05, 3.63) is 54.3 Å². The first-order valence-electron chi connectivity index (χ1n) is 5.63. The van der Waals surface area contributed by atoms with Crippen molar-refractivity contribution in [2.75, 3.05) is 0 Å². The Hall–Kier alpha value is -2.36. The number of rotatable bonds is 4. The summed E-state index contributed by atoms with van der Waals surface area (Å²) in [7, 11) is 0. The fourth-order valence-electron chi connectivity index (χ4n) is 1.68. The summed E-state index contributed by atoms with van der Waals surface area (Å²) in [6.07, 6.45) is 6.85. The zero-order chi connectivity index (χ0) is 12.8. The molecule has 0 amide bonds. The second-order valence-electron chi connectivity index (χ2n) is 3.84. The molecule has 0 saturated heterocycles. The molecule has 0 spiro atoms. The normalized spacial score (nSPS) is 19.0. The van der Waals surface area contributed by atoms with Crippen molar-refractivity contribution in [3.8, 4) is 5.75 Å². The Kier molecular flexibility index (Phi) is 3.91. The standard InChI is InChI=1S/C14H13NO3/c16-14-11(9-10-15-17)5-4-8-13(14)18-12-6-2-1-3-7-12/h1-8,10-11,17H,9H2. The molecule has 0 fully saturated rings. The number of ether oxygens (including phenoxy) is 1. The van der Waals surface area contributed by atoms with E-state index in [1.165, 1.54) is 6.21 Å². The van der Waals surface area contributed by atoms with Gasteiger partial charge in [0.1, 0.15) is 5.75 Å². The van der Waals surface area contributed by atoms with Gasteiger partial charge in [-0.1, -0.05) is 30.4 Å². The summed E-state index contributed by atoms with van der Waals surface area (Å²) in [5.74, 6) is 0.493. The van der Waals surface area contributed by atoms with Crippen LogP contribution >= 0.6 is 0 Å². The highest BCUT2D eigenvalue weighted by molar-refractivity contribution is 5.99. The number of hydrogen-bond donors (Lipinski definition) is 1. The average Bonchev–Trinajstić information content (AvgIpc) is 2.41. The van der Waals surface area contributed by atoms with Crippen LogP contribution in [0.15, 0.2) is 59.5 Å². The Morgan fingerprint density at radius 2 is 2.11 bits per heavy atom. The molecular weight excluding hydrogens is 230 g/mol. The van der Waals surface area contributed by atoms with Crippen molar-refractivity contribution in [2.45, 2.75) is 6.42 Å². The molecule has 0 aliphatic heterocycles. The number of oxime groups is 1. The summed E-state index contributed by atoms with van der Waals surface area (Å²) >= 11 is 0. The van der Waals surface area contributed by atoms with Crippen LogP contribution in [0.5, 0.6) is 5.75 Å². The molecule has 1 unspecified atom stereocenters. The van der Waals surface area contributed by atoms with Gasteiger partial charge in [-0.3, -0.25) is 4.79 Å². The van der Waals surface area contributed by atoms with Crippen molar-refractivity contribution in [1.29, 1.82) is 0 Å². The van der Waals surface area contributed by atoms with Crippen LogP contribution in [0.25, 0.3) is 0 Å². The van der Waals surface area contributed by atoms with Crippen LogP contribution in [0, 0.1) is 5.92 Å². The van der Waals surface area contributed by atoms with E-state index in [1.807, 2.05) is 18.2 Å². The molecule has 0 radical (unpaired) electrons. The summed E-state index contributed by atoms with van der Waals surface area (Å²) < 4.78 is 5.53. The van der Waals surface area contributed by atoms with E-state index in [1.54, 1.807) is 30.4 Å². The molecule has 1 atom stereocenters. The third-order valence-corrected chi connectivity index (χ3v) is 2.58. The third kappa shape index (κ3) is 2.85. The molecule has 0 saturated carbocycles. The molecule has 2 rings (SSSR count). The SMILES string of the molecule is O=C1C(Oc2ccccc2)=CC=CC1CC=NO. The molecule has 1 aliphatic rings. The molecule has 0 bridgehead atoms. The van der Waals surface area contributed by atoms with Crippen molar-refractivity contribution in [2.24, 2.45) is 11.1 Å². The molecule has 18 heavy (non-hydrogen) atoms. The van der Waals surface area contributed by atoms with Gasteiger partial charge < -0.3 is 9.94 Å². The van der Waals surface area contributed by atoms with E-state index in [0.29, 0.717) is 17.9 Å². The molecule has 1 aromatic rings. The van der Waals surface area contributed by atoms with Gasteiger partial charge in [0.2, 0.25) is 5.78 Å². The Balaban J connectivity index is 2.08. The number of Topliss-reactive ketones (excluding diaryl/α,β-unsaturated/α-hetero) is 1. The number of ketones is 1. The zero-order valence-electron chi connectivity index (χ0n) is 9.69. The van der Waals surface area contributed by atoms with Gasteiger partial charge in [-0.05, 0) is 24.6 Å². The van der Waals surface area contributed by atoms with Crippen LogP contribution in [-0.2, 0) is 4.79 Å². The van der Waals surface area contributed by atoms with Gasteiger partial charge in [0, 0.05) is 12.1 Å². The fraction of sp³-hybridized carbons (Fsp3) is 0.143. The molecule has 1 aromatic carbocycles. The maximum atomic E-state index is 12.0. The summed E-state index contributed by atoms with van der Waals surface area (Å²) in [6.45, 7) is 0. The first kappa shape index (κ1) is 12.1. The largest absolute Gasteiger partial charge is 0.454 e. The van der Waals surface area contributed by atoms with Crippen LogP contribution in [0.2, 0.25) is 0 Å². The Bertz CT molecular complexity index is 503. The number of nitrogens with zero attached hydrogens (tertiary/aromatic N) is 1. The van der Waals surface area contributed by atoms with Gasteiger partial charge in [0.25, 0.3) is 0 Å². The van der Waals surface area contributed by atoms with E-state index < -0.39 is 0 Å². The molecule has 1 aliphatic carbocycles. The van der Waals surface area contributed by atoms with Gasteiger partial charge in [-0.15, -0.1) is 5.16 Å². The van der Waals surface area contributed by atoms with Gasteiger partial charge >= 0.3 is 0 Å². The molecule has 1 N–H and O–H groups in total. The number of allylic oxidation sites excluding steroid dienone is 4. The number of benzene rings is 1. The third-order valence-electron chi connectivity index (χ3n) is 2.58. The van der Waals surface area contributed by atoms with Gasteiger partial charge in [0.15, 0.2) is 5.76 Å². The second kappa shape index (κ2) is 5.82. The smallest absolute Gasteiger partial charge is 0.205 e. The predicted molar refractivity (Wildman–Crippen MR) is 67.7 cm³/mol. The minimum atomic E-state index is -0.329. The van der Waals surface area contributed by atoms with Crippen LogP contribution in [-0.4, -0.2) is 17.2 Å². The number of para-hydroxylation sites is 1. The lowest BCUT2D eigenvalue weighted by molar-refractivity contribution is -0.119. The van der Waals surface area contributed by atoms with E-state index in [2.05, 4.69) is 5.16 Å². The highest BCUT2D eigenvalue weighted by Crippen LogP contribution is 2.21. The average molecular weight is 243 g/mol. The lowest BCUT2D eigenvalue weighted by atomic mass is 9.95. The Labute approximate surface area is 105 Å². The monoisotopic (exact) mass is 243 g/mol. The summed E-state index contributed by atoms with van der Waals surface area (Å²) in [5, 5.41) is 11.3. The highest BCUT2D eigenvalue weighted by Gasteiger charge is 2.23. The van der Waals surface area contributed by atoms with E-state index in [4.69, 9.17) is 9.94 Å². The van der Waals surface area contributed by atoms with Crippen molar-refractivity contribution >= 4 is 12.0 Å². The topological polar surface area (TPSA) is 58.9 Å². The molecule has 92 valence electrons. The predicted octanol–water partition coefficient (Wildman–Crippen LogP) is 2.55. The van der Waals surface area contributed by atoms with E-state index in [-0.39, 0.29) is 11.7 Å². The van der Waals surface area contributed by atoms with Crippen molar-refractivity contribution in [3.63, 3.8) is 0 Å². The lowest BCUT2D eigenvalue weighted by Crippen LogP contribution is -2.20. The second-order valence-corrected chi connectivity index (χ2v) is 3.84. The van der Waals surface area contributed by atoms with Crippen LogP contribution in [0.1, 0.15) is 6.42 Å². The minimum Gasteiger partial charge on any atom is -0.454 e. The number of hydrogen-bond acceptors (Lipinski definition) is 4. The van der Waals surface area contributed by atoms with Crippen molar-refractivity contribution < 1.29 is 14.7 Å². The maximum absolute atomic E-state index is 12.0. The van der Waals surface area contributed by atoms with Crippen LogP contribution in [0.4, 0.5) is 0 Å². The van der Waals surface area contributed by atoms with Gasteiger partial charge in [-0.2, -0.15) is 0 Å². The molecule has 0 aromatic heterocycles. The lowest BCUT2D eigenvalue weighted by Gasteiger charge is -2.16. The zero-order valence-corrected chi connectivity index (χ0v) is 9.69. The Morgan fingerprint density at radius 3 is 2.83 bits per heavy atom. The Morgan fingerprint density at radius 1 is 1.33 bits per heavy atom. The summed E-state index contributed by atoms with van der Waals surface area (Å²) in [6, 6.07) is 9.14. The van der Waals surface area contributed by atoms with Crippen LogP contribution < -0.4 is 4.74 Å². The number of carbonyl (C=O) groups excluding carboxylic acids is 1. The highest BCUT2D eigenvalue weighted by atomic mass is 16.5. The maximum Gasteiger partial charge on any atom is 0.205 e. The first-order valence-corrected chi connectivity index (χ1v) is 5.63. The molecule has 4 nitrogen and oxygen atoms in total. The first-order chi connectivity index (χ1) is 8.81. The van der Waals surface area contributed by atoms with E-state index >= 15 is 0 Å². The van der Waals surface area contributed by atoms with Gasteiger partial charge in [-0.25, -0.2) is 0 Å². The van der Waals surface area contributed by atoms with Crippen LogP contribution in [0.3, 0.4) is 0 Å². The van der Waals surface area contributed by atoms with E-state index in [0.717, 1.165) is 0 Å². The minimum absolute atomic E-state index is 0.110. The molecule has 0 heterocycles. The number of carbonyl (C=O) groups is 1. The molecule has 4 heteroatoms. The summed E-state index contributed by atoms with van der Waals surface area (Å²) in [5.41, 5.74) is 0. The van der Waals surface area contributed by atoms with Crippen molar-refractivity contribution in [1.82, 2.24) is 0 Å². The fourth-order valence-corrected chi connectivity index (χ4v) is 1.68. The van der Waals surface area contributed by atoms with E-state index in [9.17, 15) is 4.79 Å². The van der Waals surface area contributed by atoms with Gasteiger partial charge in [0.05, 0.1) is 0 Å². The quantitative estimate of drug-likeness (QED) is 0.502. The summed E-state index contributed by atoms with van der Waals surface area (Å²) in [4.78, 5) is 12.0.